The van der Waals surface area contributed by atoms with Crippen LogP contribution in [0.4, 0.5) is 0 Å². The standard InChI is InChI=1S/C25H34N2O4/c1-24(2,30)22(28)20-10-6-8-18(14-20)16-26-12-13-27(5)17-19-9-7-11-21(15-19)23(29)25(3,4)31/h6-11,14-15,26,30-31H,12-13,16-17H2,1-5H3. The van der Waals surface area contributed by atoms with Crippen LogP contribution in [-0.4, -0.2) is 58.0 Å². The summed E-state index contributed by atoms with van der Waals surface area (Å²) in [6.45, 7) is 8.83. The smallest absolute Gasteiger partial charge is 0.193 e. The molecule has 0 atom stereocenters. The second-order valence-electron chi connectivity index (χ2n) is 9.09. The largest absolute Gasteiger partial charge is 0.382 e. The summed E-state index contributed by atoms with van der Waals surface area (Å²) < 4.78 is 0. The zero-order valence-electron chi connectivity index (χ0n) is 19.1. The lowest BCUT2D eigenvalue weighted by Crippen LogP contribution is -2.31. The number of aliphatic hydroxyl groups is 2. The van der Waals surface area contributed by atoms with Crippen LogP contribution in [0.25, 0.3) is 0 Å². The van der Waals surface area contributed by atoms with E-state index in [0.29, 0.717) is 24.2 Å². The third-order valence-electron chi connectivity index (χ3n) is 4.94. The van der Waals surface area contributed by atoms with Crippen molar-refractivity contribution >= 4 is 11.6 Å². The van der Waals surface area contributed by atoms with Gasteiger partial charge in [-0.3, -0.25) is 9.59 Å². The fraction of sp³-hybridized carbons (Fsp3) is 0.440. The van der Waals surface area contributed by atoms with Crippen molar-refractivity contribution in [3.8, 4) is 0 Å². The van der Waals surface area contributed by atoms with Crippen LogP contribution in [0.1, 0.15) is 59.5 Å². The van der Waals surface area contributed by atoms with Gasteiger partial charge in [-0.1, -0.05) is 36.4 Å². The molecule has 0 saturated carbocycles. The first-order chi connectivity index (χ1) is 14.4. The number of likely N-dealkylation sites (N-methyl/N-ethyl adjacent to an activating group) is 1. The van der Waals surface area contributed by atoms with Gasteiger partial charge in [0.25, 0.3) is 0 Å². The third kappa shape index (κ3) is 7.67. The van der Waals surface area contributed by atoms with Crippen molar-refractivity contribution in [3.63, 3.8) is 0 Å². The zero-order chi connectivity index (χ0) is 23.2. The molecule has 0 aromatic heterocycles. The molecule has 31 heavy (non-hydrogen) atoms. The Balaban J connectivity index is 1.84. The number of rotatable bonds is 11. The van der Waals surface area contributed by atoms with E-state index < -0.39 is 11.2 Å². The van der Waals surface area contributed by atoms with Crippen molar-refractivity contribution < 1.29 is 19.8 Å². The third-order valence-corrected chi connectivity index (χ3v) is 4.94. The van der Waals surface area contributed by atoms with Gasteiger partial charge in [-0.15, -0.1) is 0 Å². The van der Waals surface area contributed by atoms with Crippen molar-refractivity contribution in [1.82, 2.24) is 10.2 Å². The first-order valence-electron chi connectivity index (χ1n) is 10.5. The van der Waals surface area contributed by atoms with Crippen LogP contribution in [-0.2, 0) is 13.1 Å². The van der Waals surface area contributed by atoms with Crippen molar-refractivity contribution in [3.05, 3.63) is 70.8 Å². The van der Waals surface area contributed by atoms with E-state index in [0.717, 1.165) is 24.2 Å². The van der Waals surface area contributed by atoms with Gasteiger partial charge < -0.3 is 20.4 Å². The molecular formula is C25H34N2O4. The van der Waals surface area contributed by atoms with Crippen molar-refractivity contribution in [2.75, 3.05) is 20.1 Å². The van der Waals surface area contributed by atoms with E-state index in [1.807, 2.05) is 43.4 Å². The predicted molar refractivity (Wildman–Crippen MR) is 122 cm³/mol. The van der Waals surface area contributed by atoms with Crippen LogP contribution >= 0.6 is 0 Å². The van der Waals surface area contributed by atoms with Gasteiger partial charge in [-0.05, 0) is 58.0 Å². The number of ketones is 2. The second kappa shape index (κ2) is 10.3. The van der Waals surface area contributed by atoms with Crippen molar-refractivity contribution in [1.29, 1.82) is 0 Å². The van der Waals surface area contributed by atoms with E-state index in [4.69, 9.17) is 0 Å². The van der Waals surface area contributed by atoms with Crippen LogP contribution < -0.4 is 5.32 Å². The molecule has 6 nitrogen and oxygen atoms in total. The SMILES string of the molecule is CN(CCNCc1cccc(C(=O)C(C)(C)O)c1)Cc1cccc(C(=O)C(C)(C)O)c1. The zero-order valence-corrected chi connectivity index (χ0v) is 19.1. The van der Waals surface area contributed by atoms with Crippen LogP contribution in [0.3, 0.4) is 0 Å². The molecule has 0 amide bonds. The number of nitrogens with zero attached hydrogens (tertiary/aromatic N) is 1. The topological polar surface area (TPSA) is 89.9 Å². The molecule has 0 saturated heterocycles. The van der Waals surface area contributed by atoms with Crippen LogP contribution in [0, 0.1) is 0 Å². The molecule has 168 valence electrons. The summed E-state index contributed by atoms with van der Waals surface area (Å²) in [5.74, 6) is -0.580. The second-order valence-corrected chi connectivity index (χ2v) is 9.09. The number of carbonyl (C=O) groups excluding carboxylic acids is 2. The quantitative estimate of drug-likeness (QED) is 0.378. The average molecular weight is 427 g/mol. The van der Waals surface area contributed by atoms with E-state index in [9.17, 15) is 19.8 Å². The maximum absolute atomic E-state index is 12.3. The highest BCUT2D eigenvalue weighted by molar-refractivity contribution is 6.02. The summed E-state index contributed by atoms with van der Waals surface area (Å²) in [4.78, 5) is 26.6. The summed E-state index contributed by atoms with van der Waals surface area (Å²) in [7, 11) is 2.01. The average Bonchev–Trinajstić information content (AvgIpc) is 2.69. The van der Waals surface area contributed by atoms with Gasteiger partial charge in [0, 0.05) is 37.3 Å². The molecule has 0 radical (unpaired) electrons. The minimum absolute atomic E-state index is 0.288. The minimum atomic E-state index is -1.39. The van der Waals surface area contributed by atoms with E-state index in [-0.39, 0.29) is 11.6 Å². The fourth-order valence-corrected chi connectivity index (χ4v) is 3.23. The Labute approximate surface area is 184 Å². The van der Waals surface area contributed by atoms with Gasteiger partial charge >= 0.3 is 0 Å². The van der Waals surface area contributed by atoms with E-state index in [2.05, 4.69) is 10.2 Å². The van der Waals surface area contributed by atoms with Gasteiger partial charge in [0.05, 0.1) is 0 Å². The molecule has 3 N–H and O–H groups in total. The number of Topliss-reactive ketones (excluding diaryl/α,β-unsaturated/α-hetero) is 2. The first kappa shape index (κ1) is 24.9. The Kier molecular flexibility index (Phi) is 8.26. The number of nitrogens with one attached hydrogen (secondary N) is 1. The molecule has 6 heteroatoms. The van der Waals surface area contributed by atoms with Crippen LogP contribution in [0.5, 0.6) is 0 Å². The Morgan fingerprint density at radius 2 is 1.35 bits per heavy atom. The Morgan fingerprint density at radius 3 is 1.87 bits per heavy atom. The molecule has 0 bridgehead atoms. The summed E-state index contributed by atoms with van der Waals surface area (Å²) in [5, 5.41) is 23.2. The molecule has 0 aliphatic rings. The molecular weight excluding hydrogens is 392 g/mol. The summed E-state index contributed by atoms with van der Waals surface area (Å²) in [6, 6.07) is 14.7. The van der Waals surface area contributed by atoms with Crippen LogP contribution in [0.2, 0.25) is 0 Å². The molecule has 0 heterocycles. The van der Waals surface area contributed by atoms with Gasteiger partial charge in [-0.2, -0.15) is 0 Å². The lowest BCUT2D eigenvalue weighted by molar-refractivity contribution is 0.0487. The molecule has 0 aliphatic heterocycles. The van der Waals surface area contributed by atoms with E-state index in [1.54, 1.807) is 12.1 Å². The van der Waals surface area contributed by atoms with Crippen molar-refractivity contribution in [2.45, 2.75) is 52.0 Å². The number of benzene rings is 2. The number of hydrogen-bond donors (Lipinski definition) is 3. The summed E-state index contributed by atoms with van der Waals surface area (Å²) in [5.41, 5.74) is 0.236. The maximum atomic E-state index is 12.3. The number of carbonyl (C=O) groups is 2. The Bertz CT molecular complexity index is 910. The summed E-state index contributed by atoms with van der Waals surface area (Å²) >= 11 is 0. The van der Waals surface area contributed by atoms with Crippen LogP contribution in [0.15, 0.2) is 48.5 Å². The summed E-state index contributed by atoms with van der Waals surface area (Å²) in [6.07, 6.45) is 0. The maximum Gasteiger partial charge on any atom is 0.193 e. The normalized spacial score (nSPS) is 12.3. The molecule has 2 rings (SSSR count). The highest BCUT2D eigenvalue weighted by Crippen LogP contribution is 2.16. The van der Waals surface area contributed by atoms with Gasteiger partial charge in [0.2, 0.25) is 0 Å². The molecule has 0 aliphatic carbocycles. The van der Waals surface area contributed by atoms with E-state index >= 15 is 0 Å². The molecule has 0 unspecified atom stereocenters. The van der Waals surface area contributed by atoms with Crippen molar-refractivity contribution in [2.24, 2.45) is 0 Å². The predicted octanol–water partition coefficient (Wildman–Crippen LogP) is 2.82. The minimum Gasteiger partial charge on any atom is -0.382 e. The van der Waals surface area contributed by atoms with Gasteiger partial charge in [0.15, 0.2) is 11.6 Å². The molecule has 2 aromatic rings. The highest BCUT2D eigenvalue weighted by atomic mass is 16.3. The fourth-order valence-electron chi connectivity index (χ4n) is 3.23. The lowest BCUT2D eigenvalue weighted by Gasteiger charge is -2.19. The molecule has 2 aromatic carbocycles. The molecule has 0 spiro atoms. The Morgan fingerprint density at radius 1 is 0.871 bits per heavy atom. The van der Waals surface area contributed by atoms with E-state index in [1.165, 1.54) is 27.7 Å². The number of hydrogen-bond acceptors (Lipinski definition) is 6. The Hall–Kier alpha value is -2.38. The first-order valence-corrected chi connectivity index (χ1v) is 10.5. The monoisotopic (exact) mass is 426 g/mol. The highest BCUT2D eigenvalue weighted by Gasteiger charge is 2.26. The van der Waals surface area contributed by atoms with Gasteiger partial charge in [-0.25, -0.2) is 0 Å². The van der Waals surface area contributed by atoms with Gasteiger partial charge in [0.1, 0.15) is 11.2 Å². The lowest BCUT2D eigenvalue weighted by atomic mass is 9.95. The molecule has 0 fully saturated rings.